The largest absolute Gasteiger partial charge is 0.489 e. The van der Waals surface area contributed by atoms with Crippen LogP contribution in [0.15, 0.2) is 60.9 Å². The molecule has 29 heavy (non-hydrogen) atoms. The Bertz CT molecular complexity index is 961. The molecule has 1 amide bonds. The molecule has 1 aromatic heterocycles. The molecule has 0 atom stereocenters. The minimum Gasteiger partial charge on any atom is -0.489 e. The number of nitrogens with one attached hydrogen (secondary N) is 2. The minimum absolute atomic E-state index is 0.0412. The van der Waals surface area contributed by atoms with E-state index in [1.165, 1.54) is 18.5 Å². The van der Waals surface area contributed by atoms with E-state index in [0.29, 0.717) is 30.1 Å². The predicted molar refractivity (Wildman–Crippen MR) is 110 cm³/mol. The number of amides is 1. The maximum Gasteiger partial charge on any atom is 0.271 e. The highest BCUT2D eigenvalue weighted by Crippen LogP contribution is 2.27. The third kappa shape index (κ3) is 5.75. The molecule has 1 heterocycles. The van der Waals surface area contributed by atoms with Gasteiger partial charge in [-0.05, 0) is 44.0 Å². The second-order valence-corrected chi connectivity index (χ2v) is 6.67. The van der Waals surface area contributed by atoms with Crippen LogP contribution in [0.25, 0.3) is 0 Å². The highest BCUT2D eigenvalue weighted by Gasteiger charge is 2.10. The van der Waals surface area contributed by atoms with Crippen LogP contribution in [0, 0.1) is 5.82 Å². The van der Waals surface area contributed by atoms with Gasteiger partial charge in [-0.2, -0.15) is 0 Å². The number of aromatic nitrogens is 2. The minimum atomic E-state index is -0.357. The number of benzene rings is 2. The van der Waals surface area contributed by atoms with Gasteiger partial charge in [0.25, 0.3) is 5.91 Å². The summed E-state index contributed by atoms with van der Waals surface area (Å²) in [7, 11) is 0. The fourth-order valence-corrected chi connectivity index (χ4v) is 2.68. The first-order chi connectivity index (χ1) is 14.0. The van der Waals surface area contributed by atoms with Gasteiger partial charge in [-0.3, -0.25) is 4.79 Å². The molecule has 150 valence electrons. The lowest BCUT2D eigenvalue weighted by atomic mass is 10.1. The van der Waals surface area contributed by atoms with Crippen molar-refractivity contribution in [2.45, 2.75) is 26.4 Å². The molecule has 3 rings (SSSR count). The molecule has 3 aromatic rings. The third-order valence-corrected chi connectivity index (χ3v) is 4.03. The molecule has 0 aliphatic rings. The van der Waals surface area contributed by atoms with Gasteiger partial charge in [0.2, 0.25) is 0 Å². The highest BCUT2D eigenvalue weighted by atomic mass is 19.1. The van der Waals surface area contributed by atoms with E-state index in [9.17, 15) is 9.18 Å². The second-order valence-electron chi connectivity index (χ2n) is 6.67. The monoisotopic (exact) mass is 394 g/mol. The summed E-state index contributed by atoms with van der Waals surface area (Å²) in [6, 6.07) is 14.0. The number of hydrogen-bond donors (Lipinski definition) is 2. The number of halogens is 1. The Labute approximate surface area is 169 Å². The summed E-state index contributed by atoms with van der Waals surface area (Å²) < 4.78 is 19.4. The Morgan fingerprint density at radius 2 is 1.83 bits per heavy atom. The molecule has 2 N–H and O–H groups in total. The Hall–Kier alpha value is -3.48. The van der Waals surface area contributed by atoms with Gasteiger partial charge in [0.15, 0.2) is 0 Å². The Kier molecular flexibility index (Phi) is 6.73. The number of rotatable bonds is 8. The van der Waals surface area contributed by atoms with Crippen LogP contribution >= 0.6 is 0 Å². The third-order valence-electron chi connectivity index (χ3n) is 4.03. The lowest BCUT2D eigenvalue weighted by Gasteiger charge is -2.15. The van der Waals surface area contributed by atoms with Gasteiger partial charge in [0.1, 0.15) is 23.1 Å². The van der Waals surface area contributed by atoms with Crippen molar-refractivity contribution in [1.82, 2.24) is 15.3 Å². The quantitative estimate of drug-likeness (QED) is 0.601. The van der Waals surface area contributed by atoms with Gasteiger partial charge in [-0.15, -0.1) is 0 Å². The number of nitrogens with zero attached hydrogens (tertiary/aromatic N) is 2. The van der Waals surface area contributed by atoms with Crippen molar-refractivity contribution in [2.75, 3.05) is 11.9 Å². The summed E-state index contributed by atoms with van der Waals surface area (Å²) in [4.78, 5) is 20.6. The van der Waals surface area contributed by atoms with Crippen molar-refractivity contribution < 1.29 is 13.9 Å². The van der Waals surface area contributed by atoms with E-state index >= 15 is 0 Å². The van der Waals surface area contributed by atoms with Gasteiger partial charge >= 0.3 is 0 Å². The number of carbonyl (C=O) groups is 1. The second kappa shape index (κ2) is 9.64. The number of carbonyl (C=O) groups excluding carboxylic acids is 1. The van der Waals surface area contributed by atoms with Crippen LogP contribution in [0.1, 0.15) is 29.9 Å². The first-order valence-electron chi connectivity index (χ1n) is 9.39. The Balaban J connectivity index is 1.57. The van der Waals surface area contributed by atoms with E-state index in [0.717, 1.165) is 5.69 Å². The van der Waals surface area contributed by atoms with Crippen molar-refractivity contribution >= 4 is 17.4 Å². The topological polar surface area (TPSA) is 76.1 Å². The number of hydrogen-bond acceptors (Lipinski definition) is 5. The molecule has 7 heteroatoms. The van der Waals surface area contributed by atoms with Crippen molar-refractivity contribution in [3.63, 3.8) is 0 Å². The summed E-state index contributed by atoms with van der Waals surface area (Å²) in [6.45, 7) is 4.22. The normalized spacial score (nSPS) is 10.6. The first-order valence-corrected chi connectivity index (χ1v) is 9.39. The summed E-state index contributed by atoms with van der Waals surface area (Å²) in [6.07, 6.45) is 3.32. The molecule has 0 unspecified atom stereocenters. The zero-order valence-corrected chi connectivity index (χ0v) is 16.4. The Morgan fingerprint density at radius 3 is 2.55 bits per heavy atom. The van der Waals surface area contributed by atoms with Gasteiger partial charge < -0.3 is 15.4 Å². The van der Waals surface area contributed by atoms with E-state index in [1.54, 1.807) is 18.2 Å². The number of anilines is 2. The molecule has 2 aromatic carbocycles. The summed E-state index contributed by atoms with van der Waals surface area (Å²) in [5.41, 5.74) is 1.51. The fraction of sp³-hybridized carbons (Fsp3) is 0.227. The SMILES string of the molecule is CC(C)Oc1ccccc1Nc1cnc(C(=O)NCCc2ccccc2F)cn1. The van der Waals surface area contributed by atoms with Crippen LogP contribution in [0.3, 0.4) is 0 Å². The van der Waals surface area contributed by atoms with Crippen molar-refractivity contribution in [1.29, 1.82) is 0 Å². The maximum atomic E-state index is 13.6. The van der Waals surface area contributed by atoms with Crippen LogP contribution in [0.2, 0.25) is 0 Å². The molecule has 0 fully saturated rings. The molecule has 6 nitrogen and oxygen atoms in total. The van der Waals surface area contributed by atoms with Crippen LogP contribution in [0.5, 0.6) is 5.75 Å². The lowest BCUT2D eigenvalue weighted by Crippen LogP contribution is -2.26. The van der Waals surface area contributed by atoms with E-state index in [2.05, 4.69) is 20.6 Å². The van der Waals surface area contributed by atoms with Gasteiger partial charge in [-0.25, -0.2) is 14.4 Å². The first kappa shape index (κ1) is 20.3. The summed E-state index contributed by atoms with van der Waals surface area (Å²) in [5.74, 6) is 0.564. The van der Waals surface area contributed by atoms with Crippen LogP contribution in [-0.4, -0.2) is 28.5 Å². The van der Waals surface area contributed by atoms with E-state index in [4.69, 9.17) is 4.74 Å². The average molecular weight is 394 g/mol. The van der Waals surface area contributed by atoms with Gasteiger partial charge in [-0.1, -0.05) is 30.3 Å². The maximum absolute atomic E-state index is 13.6. The average Bonchev–Trinajstić information content (AvgIpc) is 2.71. The number of para-hydroxylation sites is 2. The smallest absolute Gasteiger partial charge is 0.271 e. The molecule has 0 bridgehead atoms. The molecular formula is C22H23FN4O2. The summed E-state index contributed by atoms with van der Waals surface area (Å²) >= 11 is 0. The molecule has 0 spiro atoms. The van der Waals surface area contributed by atoms with Crippen molar-refractivity contribution in [3.8, 4) is 5.75 Å². The van der Waals surface area contributed by atoms with E-state index < -0.39 is 0 Å². The van der Waals surface area contributed by atoms with E-state index in [1.807, 2.05) is 38.1 Å². The van der Waals surface area contributed by atoms with Crippen molar-refractivity contribution in [2.24, 2.45) is 0 Å². The molecule has 0 radical (unpaired) electrons. The summed E-state index contributed by atoms with van der Waals surface area (Å²) in [5, 5.41) is 5.87. The van der Waals surface area contributed by atoms with E-state index in [-0.39, 0.29) is 23.5 Å². The molecule has 0 saturated heterocycles. The standard InChI is InChI=1S/C22H23FN4O2/c1-15(2)29-20-10-6-5-9-18(20)27-21-14-25-19(13-26-21)22(28)24-12-11-16-7-3-4-8-17(16)23/h3-10,13-15H,11-12H2,1-2H3,(H,24,28)(H,26,27). The molecule has 0 saturated carbocycles. The van der Waals surface area contributed by atoms with Crippen LogP contribution in [-0.2, 0) is 6.42 Å². The molecular weight excluding hydrogens is 371 g/mol. The Morgan fingerprint density at radius 1 is 1.07 bits per heavy atom. The number of ether oxygens (including phenoxy) is 1. The van der Waals surface area contributed by atoms with Gasteiger partial charge in [0.05, 0.1) is 24.2 Å². The zero-order valence-electron chi connectivity index (χ0n) is 16.4. The fourth-order valence-electron chi connectivity index (χ4n) is 2.68. The van der Waals surface area contributed by atoms with Crippen molar-refractivity contribution in [3.05, 3.63) is 78.0 Å². The van der Waals surface area contributed by atoms with Crippen LogP contribution in [0.4, 0.5) is 15.9 Å². The van der Waals surface area contributed by atoms with Crippen LogP contribution < -0.4 is 15.4 Å². The highest BCUT2D eigenvalue weighted by molar-refractivity contribution is 5.92. The zero-order chi connectivity index (χ0) is 20.6. The lowest BCUT2D eigenvalue weighted by molar-refractivity contribution is 0.0948. The predicted octanol–water partition coefficient (Wildman–Crippen LogP) is 4.12. The molecule has 0 aliphatic heterocycles. The van der Waals surface area contributed by atoms with Gasteiger partial charge in [0, 0.05) is 6.54 Å². The molecule has 0 aliphatic carbocycles.